The van der Waals surface area contributed by atoms with Gasteiger partial charge in [0.25, 0.3) is 0 Å². The van der Waals surface area contributed by atoms with Crippen molar-refractivity contribution in [2.24, 2.45) is 0 Å². The summed E-state index contributed by atoms with van der Waals surface area (Å²) in [5.74, 6) is 0.718. The summed E-state index contributed by atoms with van der Waals surface area (Å²) in [6, 6.07) is 13.3. The number of ether oxygens (including phenoxy) is 1. The second-order valence-corrected chi connectivity index (χ2v) is 4.38. The lowest BCUT2D eigenvalue weighted by Gasteiger charge is -2.07. The normalized spacial score (nSPS) is 10.4. The number of anilines is 1. The molecule has 2 heterocycles. The largest absolute Gasteiger partial charge is 0.487 e. The molecule has 0 atom stereocenters. The first-order chi connectivity index (χ1) is 9.81. The zero-order valence-corrected chi connectivity index (χ0v) is 10.8. The third kappa shape index (κ3) is 2.77. The molecular formula is C15H14N4O. The van der Waals surface area contributed by atoms with Crippen LogP contribution < -0.4 is 10.5 Å². The summed E-state index contributed by atoms with van der Waals surface area (Å²) in [6.45, 7) is 0.468. The maximum absolute atomic E-state index is 5.72. The second kappa shape index (κ2) is 5.44. The molecular weight excluding hydrogens is 252 g/mol. The van der Waals surface area contributed by atoms with Crippen molar-refractivity contribution < 1.29 is 4.74 Å². The number of nitrogens with zero attached hydrogens (tertiary/aromatic N) is 2. The first-order valence-corrected chi connectivity index (χ1v) is 6.24. The van der Waals surface area contributed by atoms with Crippen LogP contribution in [0.3, 0.4) is 0 Å². The fourth-order valence-electron chi connectivity index (χ4n) is 1.87. The predicted octanol–water partition coefficient (Wildman–Crippen LogP) is 2.63. The smallest absolute Gasteiger partial charge is 0.138 e. The number of hydrogen-bond acceptors (Lipinski definition) is 4. The highest BCUT2D eigenvalue weighted by Crippen LogP contribution is 2.18. The molecule has 0 saturated heterocycles. The van der Waals surface area contributed by atoms with E-state index in [0.717, 1.165) is 28.4 Å². The average Bonchev–Trinajstić information content (AvgIpc) is 3.00. The van der Waals surface area contributed by atoms with Crippen molar-refractivity contribution in [2.45, 2.75) is 6.61 Å². The Morgan fingerprint density at radius 3 is 2.80 bits per heavy atom. The molecule has 0 aliphatic carbocycles. The molecule has 0 saturated carbocycles. The van der Waals surface area contributed by atoms with Crippen LogP contribution in [0.4, 0.5) is 5.69 Å². The highest BCUT2D eigenvalue weighted by atomic mass is 16.5. The molecule has 0 amide bonds. The molecule has 20 heavy (non-hydrogen) atoms. The van der Waals surface area contributed by atoms with Gasteiger partial charge in [-0.05, 0) is 35.9 Å². The molecule has 0 fully saturated rings. The zero-order valence-electron chi connectivity index (χ0n) is 10.8. The zero-order chi connectivity index (χ0) is 13.8. The number of aromatic amines is 1. The Balaban J connectivity index is 1.67. The molecule has 100 valence electrons. The number of rotatable bonds is 4. The van der Waals surface area contributed by atoms with Crippen LogP contribution in [0.1, 0.15) is 5.56 Å². The van der Waals surface area contributed by atoms with Crippen LogP contribution in [0.25, 0.3) is 11.4 Å². The van der Waals surface area contributed by atoms with Crippen molar-refractivity contribution in [3.63, 3.8) is 0 Å². The summed E-state index contributed by atoms with van der Waals surface area (Å²) in [6.07, 6.45) is 3.39. The summed E-state index contributed by atoms with van der Waals surface area (Å²) >= 11 is 0. The van der Waals surface area contributed by atoms with Crippen molar-refractivity contribution in [1.29, 1.82) is 0 Å². The van der Waals surface area contributed by atoms with Crippen LogP contribution in [-0.2, 0) is 6.61 Å². The summed E-state index contributed by atoms with van der Waals surface area (Å²) in [5.41, 5.74) is 9.20. The van der Waals surface area contributed by atoms with Crippen LogP contribution in [-0.4, -0.2) is 15.2 Å². The second-order valence-electron chi connectivity index (χ2n) is 4.38. The van der Waals surface area contributed by atoms with Gasteiger partial charge in [0.05, 0.1) is 17.6 Å². The quantitative estimate of drug-likeness (QED) is 0.712. The molecule has 5 nitrogen and oxygen atoms in total. The summed E-state index contributed by atoms with van der Waals surface area (Å²) in [4.78, 5) is 4.33. The maximum atomic E-state index is 5.72. The van der Waals surface area contributed by atoms with E-state index in [9.17, 15) is 0 Å². The number of pyridine rings is 1. The van der Waals surface area contributed by atoms with Gasteiger partial charge in [-0.2, -0.15) is 5.10 Å². The number of H-pyrrole nitrogens is 1. The van der Waals surface area contributed by atoms with Crippen molar-refractivity contribution >= 4 is 5.69 Å². The molecule has 0 aliphatic rings. The standard InChI is InChI=1S/C15H14N4O/c16-12-3-1-2-11(8-12)10-20-13-4-5-14(17-9-13)15-6-7-18-19-15/h1-9H,10,16H2,(H,18,19). The minimum Gasteiger partial charge on any atom is -0.487 e. The van der Waals surface area contributed by atoms with E-state index < -0.39 is 0 Å². The van der Waals surface area contributed by atoms with Gasteiger partial charge < -0.3 is 10.5 Å². The Morgan fingerprint density at radius 2 is 2.10 bits per heavy atom. The van der Waals surface area contributed by atoms with Crippen LogP contribution in [0.2, 0.25) is 0 Å². The van der Waals surface area contributed by atoms with Crippen LogP contribution in [0, 0.1) is 0 Å². The van der Waals surface area contributed by atoms with E-state index in [1.54, 1.807) is 12.4 Å². The van der Waals surface area contributed by atoms with Crippen LogP contribution in [0.5, 0.6) is 5.75 Å². The molecule has 3 aromatic rings. The van der Waals surface area contributed by atoms with Crippen molar-refractivity contribution in [3.05, 3.63) is 60.4 Å². The predicted molar refractivity (Wildman–Crippen MR) is 77.0 cm³/mol. The summed E-state index contributed by atoms with van der Waals surface area (Å²) < 4.78 is 5.68. The number of hydrogen-bond donors (Lipinski definition) is 2. The molecule has 0 unspecified atom stereocenters. The van der Waals surface area contributed by atoms with Gasteiger partial charge in [0, 0.05) is 11.9 Å². The van der Waals surface area contributed by atoms with E-state index in [2.05, 4.69) is 15.2 Å². The van der Waals surface area contributed by atoms with Crippen LogP contribution in [0.15, 0.2) is 54.9 Å². The van der Waals surface area contributed by atoms with Crippen molar-refractivity contribution in [2.75, 3.05) is 5.73 Å². The van der Waals surface area contributed by atoms with Crippen molar-refractivity contribution in [1.82, 2.24) is 15.2 Å². The molecule has 0 spiro atoms. The third-order valence-corrected chi connectivity index (χ3v) is 2.87. The minimum absolute atomic E-state index is 0.468. The van der Waals surface area contributed by atoms with E-state index in [-0.39, 0.29) is 0 Å². The number of benzene rings is 1. The highest BCUT2D eigenvalue weighted by Gasteiger charge is 2.01. The third-order valence-electron chi connectivity index (χ3n) is 2.87. The first kappa shape index (κ1) is 12.2. The Morgan fingerprint density at radius 1 is 1.15 bits per heavy atom. The lowest BCUT2D eigenvalue weighted by molar-refractivity contribution is 0.305. The molecule has 3 N–H and O–H groups in total. The van der Waals surface area contributed by atoms with Gasteiger partial charge >= 0.3 is 0 Å². The Bertz CT molecular complexity index is 677. The van der Waals surface area contributed by atoms with Gasteiger partial charge in [0.15, 0.2) is 0 Å². The Hall–Kier alpha value is -2.82. The van der Waals surface area contributed by atoms with Gasteiger partial charge in [0.1, 0.15) is 12.4 Å². The molecule has 2 aromatic heterocycles. The van der Waals surface area contributed by atoms with E-state index in [1.807, 2.05) is 42.5 Å². The Kier molecular flexibility index (Phi) is 3.33. The number of nitrogens with two attached hydrogens (primary N) is 1. The minimum atomic E-state index is 0.468. The van der Waals surface area contributed by atoms with Crippen molar-refractivity contribution in [3.8, 4) is 17.1 Å². The van der Waals surface area contributed by atoms with Gasteiger partial charge in [-0.3, -0.25) is 10.1 Å². The molecule has 5 heteroatoms. The monoisotopic (exact) mass is 266 g/mol. The number of nitrogens with one attached hydrogen (secondary N) is 1. The maximum Gasteiger partial charge on any atom is 0.138 e. The van der Waals surface area contributed by atoms with E-state index >= 15 is 0 Å². The van der Waals surface area contributed by atoms with E-state index in [1.165, 1.54) is 0 Å². The van der Waals surface area contributed by atoms with Crippen LogP contribution >= 0.6 is 0 Å². The molecule has 0 aliphatic heterocycles. The summed E-state index contributed by atoms with van der Waals surface area (Å²) in [7, 11) is 0. The van der Waals surface area contributed by atoms with Gasteiger partial charge in [0.2, 0.25) is 0 Å². The summed E-state index contributed by atoms with van der Waals surface area (Å²) in [5, 5.41) is 6.77. The highest BCUT2D eigenvalue weighted by molar-refractivity contribution is 5.53. The van der Waals surface area contributed by atoms with E-state index in [0.29, 0.717) is 6.61 Å². The van der Waals surface area contributed by atoms with Gasteiger partial charge in [-0.1, -0.05) is 12.1 Å². The molecule has 0 radical (unpaired) electrons. The molecule has 3 rings (SSSR count). The fourth-order valence-corrected chi connectivity index (χ4v) is 1.87. The van der Waals surface area contributed by atoms with E-state index in [4.69, 9.17) is 10.5 Å². The van der Waals surface area contributed by atoms with Gasteiger partial charge in [-0.15, -0.1) is 0 Å². The topological polar surface area (TPSA) is 76.8 Å². The SMILES string of the molecule is Nc1cccc(COc2ccc(-c3ccn[nH]3)nc2)c1. The Labute approximate surface area is 116 Å². The lowest BCUT2D eigenvalue weighted by atomic mass is 10.2. The number of nitrogen functional groups attached to an aromatic ring is 1. The molecule has 1 aromatic carbocycles. The average molecular weight is 266 g/mol. The fraction of sp³-hybridized carbons (Fsp3) is 0.0667. The first-order valence-electron chi connectivity index (χ1n) is 6.24. The number of aromatic nitrogens is 3. The molecule has 0 bridgehead atoms. The lowest BCUT2D eigenvalue weighted by Crippen LogP contribution is -1.97. The van der Waals surface area contributed by atoms with Gasteiger partial charge in [-0.25, -0.2) is 0 Å².